The van der Waals surface area contributed by atoms with Crippen LogP contribution in [-0.2, 0) is 9.59 Å². The van der Waals surface area contributed by atoms with Crippen molar-refractivity contribution in [2.75, 3.05) is 6.54 Å². The Morgan fingerprint density at radius 1 is 1.16 bits per heavy atom. The maximum atomic E-state index is 12.9. The van der Waals surface area contributed by atoms with Crippen molar-refractivity contribution in [3.63, 3.8) is 0 Å². The summed E-state index contributed by atoms with van der Waals surface area (Å²) in [7, 11) is 0. The topological polar surface area (TPSA) is 49.4 Å². The van der Waals surface area contributed by atoms with Gasteiger partial charge in [-0.2, -0.15) is 0 Å². The van der Waals surface area contributed by atoms with Gasteiger partial charge in [-0.1, -0.05) is 33.1 Å². The SMILES string of the molecule is CC(C)CN1C(=O)C2(CCCCC2)NC(=O)C1(C)C. The van der Waals surface area contributed by atoms with Gasteiger partial charge in [-0.05, 0) is 32.6 Å². The first-order chi connectivity index (χ1) is 8.79. The second kappa shape index (κ2) is 4.80. The minimum Gasteiger partial charge on any atom is -0.340 e. The fourth-order valence-electron chi connectivity index (χ4n) is 3.23. The zero-order valence-corrected chi connectivity index (χ0v) is 12.6. The van der Waals surface area contributed by atoms with E-state index in [-0.39, 0.29) is 11.8 Å². The molecule has 2 aliphatic rings. The summed E-state index contributed by atoms with van der Waals surface area (Å²) in [5.74, 6) is 0.495. The van der Waals surface area contributed by atoms with Gasteiger partial charge in [0.25, 0.3) is 0 Å². The molecule has 2 amide bonds. The van der Waals surface area contributed by atoms with Crippen LogP contribution >= 0.6 is 0 Å². The highest BCUT2D eigenvalue weighted by molar-refractivity contribution is 6.01. The van der Waals surface area contributed by atoms with Gasteiger partial charge < -0.3 is 10.2 Å². The molecule has 2 fully saturated rings. The number of rotatable bonds is 2. The second-order valence-corrected chi connectivity index (χ2v) is 6.97. The fourth-order valence-corrected chi connectivity index (χ4v) is 3.23. The Morgan fingerprint density at radius 2 is 1.74 bits per heavy atom. The molecule has 1 N–H and O–H groups in total. The van der Waals surface area contributed by atoms with Crippen LogP contribution in [0.2, 0.25) is 0 Å². The van der Waals surface area contributed by atoms with Crippen molar-refractivity contribution in [2.45, 2.75) is 70.9 Å². The molecule has 108 valence electrons. The van der Waals surface area contributed by atoms with Crippen LogP contribution in [0.3, 0.4) is 0 Å². The molecule has 1 spiro atoms. The van der Waals surface area contributed by atoms with Crippen molar-refractivity contribution in [1.82, 2.24) is 10.2 Å². The first kappa shape index (κ1) is 14.4. The van der Waals surface area contributed by atoms with E-state index in [0.29, 0.717) is 12.5 Å². The Labute approximate surface area is 115 Å². The lowest BCUT2D eigenvalue weighted by Gasteiger charge is -2.51. The quantitative estimate of drug-likeness (QED) is 0.832. The van der Waals surface area contributed by atoms with Gasteiger partial charge in [0, 0.05) is 6.54 Å². The van der Waals surface area contributed by atoms with Crippen LogP contribution in [0, 0.1) is 5.92 Å². The minimum absolute atomic E-state index is 0.00495. The zero-order valence-electron chi connectivity index (χ0n) is 12.6. The van der Waals surface area contributed by atoms with Crippen LogP contribution in [-0.4, -0.2) is 34.3 Å². The van der Waals surface area contributed by atoms with E-state index in [9.17, 15) is 9.59 Å². The maximum Gasteiger partial charge on any atom is 0.249 e. The number of nitrogens with zero attached hydrogens (tertiary/aromatic N) is 1. The van der Waals surface area contributed by atoms with Crippen LogP contribution in [0.5, 0.6) is 0 Å². The summed E-state index contributed by atoms with van der Waals surface area (Å²) < 4.78 is 0. The first-order valence-corrected chi connectivity index (χ1v) is 7.44. The number of carbonyl (C=O) groups is 2. The van der Waals surface area contributed by atoms with Crippen LogP contribution in [0.25, 0.3) is 0 Å². The standard InChI is InChI=1S/C15H26N2O2/c1-11(2)10-17-13(19)15(8-6-5-7-9-15)16-12(18)14(17,3)4/h11H,5-10H2,1-4H3,(H,16,18). The number of carbonyl (C=O) groups excluding carboxylic acids is 2. The van der Waals surface area contributed by atoms with E-state index in [0.717, 1.165) is 25.7 Å². The molecule has 0 bridgehead atoms. The average Bonchev–Trinajstić information content (AvgIpc) is 2.34. The summed E-state index contributed by atoms with van der Waals surface area (Å²) in [4.78, 5) is 27.1. The molecule has 0 aromatic heterocycles. The van der Waals surface area contributed by atoms with Crippen LogP contribution < -0.4 is 5.32 Å². The average molecular weight is 266 g/mol. The van der Waals surface area contributed by atoms with Crippen LogP contribution in [0.1, 0.15) is 59.8 Å². The highest BCUT2D eigenvalue weighted by Crippen LogP contribution is 2.36. The summed E-state index contributed by atoms with van der Waals surface area (Å²) in [6.45, 7) is 8.52. The molecule has 0 radical (unpaired) electrons. The molecular weight excluding hydrogens is 240 g/mol. The molecule has 1 aliphatic heterocycles. The molecule has 4 nitrogen and oxygen atoms in total. The summed E-state index contributed by atoms with van der Waals surface area (Å²) >= 11 is 0. The van der Waals surface area contributed by atoms with Gasteiger partial charge >= 0.3 is 0 Å². The van der Waals surface area contributed by atoms with Crippen LogP contribution in [0.4, 0.5) is 0 Å². The molecule has 4 heteroatoms. The van der Waals surface area contributed by atoms with Crippen molar-refractivity contribution < 1.29 is 9.59 Å². The van der Waals surface area contributed by atoms with Crippen molar-refractivity contribution in [3.8, 4) is 0 Å². The normalized spacial score (nSPS) is 25.8. The van der Waals surface area contributed by atoms with Gasteiger partial charge in [0.1, 0.15) is 11.1 Å². The summed E-state index contributed by atoms with van der Waals surface area (Å²) in [6, 6.07) is 0. The number of hydrogen-bond donors (Lipinski definition) is 1. The maximum absolute atomic E-state index is 12.9. The van der Waals surface area contributed by atoms with E-state index in [1.54, 1.807) is 0 Å². The molecule has 0 aromatic carbocycles. The molecule has 1 aliphatic carbocycles. The monoisotopic (exact) mass is 266 g/mol. The molecular formula is C15H26N2O2. The lowest BCUT2D eigenvalue weighted by atomic mass is 9.76. The van der Waals surface area contributed by atoms with Crippen molar-refractivity contribution >= 4 is 11.8 Å². The Balaban J connectivity index is 2.32. The van der Waals surface area contributed by atoms with Crippen molar-refractivity contribution in [1.29, 1.82) is 0 Å². The van der Waals surface area contributed by atoms with Gasteiger partial charge in [-0.15, -0.1) is 0 Å². The third kappa shape index (κ3) is 2.37. The molecule has 0 aromatic rings. The third-order valence-corrected chi connectivity index (χ3v) is 4.49. The molecule has 19 heavy (non-hydrogen) atoms. The van der Waals surface area contributed by atoms with Gasteiger partial charge in [0.05, 0.1) is 0 Å². The molecule has 1 saturated heterocycles. The molecule has 0 unspecified atom stereocenters. The summed E-state index contributed by atoms with van der Waals surface area (Å²) in [5.41, 5.74) is -1.34. The van der Waals surface area contributed by atoms with Crippen LogP contribution in [0.15, 0.2) is 0 Å². The van der Waals surface area contributed by atoms with E-state index in [1.807, 2.05) is 18.7 Å². The highest BCUT2D eigenvalue weighted by atomic mass is 16.2. The van der Waals surface area contributed by atoms with E-state index in [2.05, 4.69) is 19.2 Å². The summed E-state index contributed by atoms with van der Waals surface area (Å²) in [6.07, 6.45) is 4.81. The second-order valence-electron chi connectivity index (χ2n) is 6.97. The Bertz CT molecular complexity index is 382. The predicted molar refractivity (Wildman–Crippen MR) is 74.6 cm³/mol. The first-order valence-electron chi connectivity index (χ1n) is 7.44. The Hall–Kier alpha value is -1.06. The molecule has 1 heterocycles. The Kier molecular flexibility index (Phi) is 3.63. The number of piperazine rings is 1. The lowest BCUT2D eigenvalue weighted by molar-refractivity contribution is -0.163. The fraction of sp³-hybridized carbons (Fsp3) is 0.867. The minimum atomic E-state index is -0.732. The van der Waals surface area contributed by atoms with Crippen molar-refractivity contribution in [2.24, 2.45) is 5.92 Å². The van der Waals surface area contributed by atoms with Gasteiger partial charge in [-0.25, -0.2) is 0 Å². The van der Waals surface area contributed by atoms with Gasteiger partial charge in [0.2, 0.25) is 11.8 Å². The van der Waals surface area contributed by atoms with E-state index < -0.39 is 11.1 Å². The molecule has 1 saturated carbocycles. The van der Waals surface area contributed by atoms with Gasteiger partial charge in [0.15, 0.2) is 0 Å². The van der Waals surface area contributed by atoms with E-state index in [1.165, 1.54) is 6.42 Å². The van der Waals surface area contributed by atoms with E-state index >= 15 is 0 Å². The zero-order chi connectivity index (χ0) is 14.3. The number of hydrogen-bond acceptors (Lipinski definition) is 2. The number of amides is 2. The lowest BCUT2D eigenvalue weighted by Crippen LogP contribution is -2.74. The number of nitrogens with one attached hydrogen (secondary N) is 1. The predicted octanol–water partition coefficient (Wildman–Crippen LogP) is 2.08. The Morgan fingerprint density at radius 3 is 2.26 bits per heavy atom. The smallest absolute Gasteiger partial charge is 0.249 e. The molecule has 0 atom stereocenters. The summed E-state index contributed by atoms with van der Waals surface area (Å²) in [5, 5.41) is 3.04. The van der Waals surface area contributed by atoms with E-state index in [4.69, 9.17) is 0 Å². The molecule has 2 rings (SSSR count). The van der Waals surface area contributed by atoms with Gasteiger partial charge in [-0.3, -0.25) is 9.59 Å². The highest BCUT2D eigenvalue weighted by Gasteiger charge is 2.54. The third-order valence-electron chi connectivity index (χ3n) is 4.49. The largest absolute Gasteiger partial charge is 0.340 e. The van der Waals surface area contributed by atoms with Crippen molar-refractivity contribution in [3.05, 3.63) is 0 Å².